The Hall–Kier alpha value is -1.71. The smallest absolute Gasteiger partial charge is 0.267 e. The summed E-state index contributed by atoms with van der Waals surface area (Å²) in [7, 11) is 0. The zero-order chi connectivity index (χ0) is 12.3. The number of carbonyl (C=O) groups is 1. The average molecular weight is 233 g/mol. The fourth-order valence-corrected chi connectivity index (χ4v) is 1.39. The SMILES string of the molecule is CCCCCC/C=N\NC(=O)c1cccnc1. The molecule has 4 heteroatoms. The maximum absolute atomic E-state index is 11.5. The van der Waals surface area contributed by atoms with Crippen LogP contribution in [0.3, 0.4) is 0 Å². The van der Waals surface area contributed by atoms with Gasteiger partial charge in [-0.05, 0) is 25.0 Å². The van der Waals surface area contributed by atoms with E-state index in [9.17, 15) is 4.79 Å². The highest BCUT2D eigenvalue weighted by molar-refractivity contribution is 5.93. The van der Waals surface area contributed by atoms with Crippen LogP contribution in [0.15, 0.2) is 29.6 Å². The molecule has 0 saturated carbocycles. The van der Waals surface area contributed by atoms with E-state index >= 15 is 0 Å². The minimum absolute atomic E-state index is 0.220. The number of amides is 1. The number of aromatic nitrogens is 1. The molecule has 0 atom stereocenters. The highest BCUT2D eigenvalue weighted by Crippen LogP contribution is 2.00. The lowest BCUT2D eigenvalue weighted by atomic mass is 10.2. The molecule has 0 aliphatic heterocycles. The maximum atomic E-state index is 11.5. The van der Waals surface area contributed by atoms with Crippen LogP contribution in [0.1, 0.15) is 49.4 Å². The first kappa shape index (κ1) is 13.4. The van der Waals surface area contributed by atoms with Gasteiger partial charge in [0.2, 0.25) is 0 Å². The molecule has 0 aromatic carbocycles. The van der Waals surface area contributed by atoms with E-state index < -0.39 is 0 Å². The number of pyridine rings is 1. The number of nitrogens with zero attached hydrogens (tertiary/aromatic N) is 2. The number of hydrogen-bond acceptors (Lipinski definition) is 3. The maximum Gasteiger partial charge on any atom is 0.272 e. The van der Waals surface area contributed by atoms with Gasteiger partial charge < -0.3 is 0 Å². The molecule has 1 rings (SSSR count). The standard InChI is InChI=1S/C13H19N3O/c1-2-3-4-5-6-10-15-16-13(17)12-8-7-9-14-11-12/h7-11H,2-6H2,1H3,(H,16,17)/b15-10-. The van der Waals surface area contributed by atoms with E-state index in [1.165, 1.54) is 25.5 Å². The summed E-state index contributed by atoms with van der Waals surface area (Å²) in [6.07, 6.45) is 10.7. The topological polar surface area (TPSA) is 54.4 Å². The van der Waals surface area contributed by atoms with Crippen molar-refractivity contribution in [3.63, 3.8) is 0 Å². The molecule has 0 aliphatic carbocycles. The van der Waals surface area contributed by atoms with Crippen LogP contribution in [0.4, 0.5) is 0 Å². The number of carbonyl (C=O) groups excluding carboxylic acids is 1. The van der Waals surface area contributed by atoms with Crippen LogP contribution >= 0.6 is 0 Å². The molecular formula is C13H19N3O. The Morgan fingerprint density at radius 2 is 2.35 bits per heavy atom. The van der Waals surface area contributed by atoms with Crippen molar-refractivity contribution in [1.29, 1.82) is 0 Å². The van der Waals surface area contributed by atoms with Crippen molar-refractivity contribution < 1.29 is 4.79 Å². The zero-order valence-corrected chi connectivity index (χ0v) is 10.2. The van der Waals surface area contributed by atoms with Gasteiger partial charge in [-0.15, -0.1) is 0 Å². The van der Waals surface area contributed by atoms with Gasteiger partial charge in [0, 0.05) is 18.6 Å². The summed E-state index contributed by atoms with van der Waals surface area (Å²) in [4.78, 5) is 15.4. The molecule has 0 fully saturated rings. The van der Waals surface area contributed by atoms with Gasteiger partial charge in [-0.1, -0.05) is 26.2 Å². The second-order valence-electron chi connectivity index (χ2n) is 3.84. The van der Waals surface area contributed by atoms with Crippen LogP contribution in [-0.2, 0) is 0 Å². The molecule has 1 amide bonds. The molecule has 0 radical (unpaired) electrons. The fourth-order valence-electron chi connectivity index (χ4n) is 1.39. The first-order valence-corrected chi connectivity index (χ1v) is 6.06. The Kier molecular flexibility index (Phi) is 6.63. The van der Waals surface area contributed by atoms with Gasteiger partial charge in [0.05, 0.1) is 5.56 Å². The first-order valence-electron chi connectivity index (χ1n) is 6.06. The highest BCUT2D eigenvalue weighted by atomic mass is 16.2. The molecule has 17 heavy (non-hydrogen) atoms. The molecular weight excluding hydrogens is 214 g/mol. The summed E-state index contributed by atoms with van der Waals surface area (Å²) >= 11 is 0. The molecule has 4 nitrogen and oxygen atoms in total. The molecule has 1 aromatic rings. The zero-order valence-electron chi connectivity index (χ0n) is 10.2. The van der Waals surface area contributed by atoms with Crippen molar-refractivity contribution in [1.82, 2.24) is 10.4 Å². The summed E-state index contributed by atoms with van der Waals surface area (Å²) in [5.41, 5.74) is 3.00. The molecule has 0 unspecified atom stereocenters. The molecule has 92 valence electrons. The normalized spacial score (nSPS) is 10.6. The Balaban J connectivity index is 2.18. The summed E-state index contributed by atoms with van der Waals surface area (Å²) in [6.45, 7) is 2.18. The van der Waals surface area contributed by atoms with Crippen molar-refractivity contribution in [3.05, 3.63) is 30.1 Å². The summed E-state index contributed by atoms with van der Waals surface area (Å²) in [5.74, 6) is -0.220. The quantitative estimate of drug-likeness (QED) is 0.447. The lowest BCUT2D eigenvalue weighted by molar-refractivity contribution is 0.0954. The van der Waals surface area contributed by atoms with Gasteiger partial charge in [0.1, 0.15) is 0 Å². The third-order valence-electron chi connectivity index (χ3n) is 2.37. The molecule has 0 spiro atoms. The van der Waals surface area contributed by atoms with E-state index in [1.807, 2.05) is 0 Å². The molecule has 1 aromatic heterocycles. The van der Waals surface area contributed by atoms with Crippen LogP contribution in [0.2, 0.25) is 0 Å². The van der Waals surface area contributed by atoms with E-state index in [-0.39, 0.29) is 5.91 Å². The second-order valence-corrected chi connectivity index (χ2v) is 3.84. The Morgan fingerprint density at radius 1 is 1.47 bits per heavy atom. The van der Waals surface area contributed by atoms with E-state index in [2.05, 4.69) is 22.4 Å². The van der Waals surface area contributed by atoms with Crippen LogP contribution in [-0.4, -0.2) is 17.1 Å². The molecule has 0 bridgehead atoms. The highest BCUT2D eigenvalue weighted by Gasteiger charge is 2.01. The van der Waals surface area contributed by atoms with Crippen LogP contribution in [0, 0.1) is 0 Å². The fraction of sp³-hybridized carbons (Fsp3) is 0.462. The van der Waals surface area contributed by atoms with Crippen molar-refractivity contribution in [2.24, 2.45) is 5.10 Å². The lowest BCUT2D eigenvalue weighted by Crippen LogP contribution is -2.17. The van der Waals surface area contributed by atoms with Gasteiger partial charge >= 0.3 is 0 Å². The number of hydrogen-bond donors (Lipinski definition) is 1. The summed E-state index contributed by atoms with van der Waals surface area (Å²) < 4.78 is 0. The predicted octanol–water partition coefficient (Wildman–Crippen LogP) is 2.77. The van der Waals surface area contributed by atoms with E-state index in [0.717, 1.165) is 12.8 Å². The van der Waals surface area contributed by atoms with Gasteiger partial charge in [0.25, 0.3) is 5.91 Å². The van der Waals surface area contributed by atoms with Crippen molar-refractivity contribution in [3.8, 4) is 0 Å². The second kappa shape index (κ2) is 8.44. The third kappa shape index (κ3) is 5.80. The molecule has 1 heterocycles. The number of nitrogens with one attached hydrogen (secondary N) is 1. The van der Waals surface area contributed by atoms with Crippen LogP contribution < -0.4 is 5.43 Å². The van der Waals surface area contributed by atoms with Gasteiger partial charge in [0.15, 0.2) is 0 Å². The Morgan fingerprint density at radius 3 is 3.06 bits per heavy atom. The summed E-state index contributed by atoms with van der Waals surface area (Å²) in [5, 5.41) is 3.89. The largest absolute Gasteiger partial charge is 0.272 e. The van der Waals surface area contributed by atoms with E-state index in [0.29, 0.717) is 5.56 Å². The Bertz CT molecular complexity index is 349. The molecule has 1 N–H and O–H groups in total. The van der Waals surface area contributed by atoms with Crippen molar-refractivity contribution >= 4 is 12.1 Å². The summed E-state index contributed by atoms with van der Waals surface area (Å²) in [6, 6.07) is 3.43. The number of rotatable bonds is 7. The van der Waals surface area contributed by atoms with Crippen molar-refractivity contribution in [2.75, 3.05) is 0 Å². The van der Waals surface area contributed by atoms with Gasteiger partial charge in [-0.3, -0.25) is 9.78 Å². The van der Waals surface area contributed by atoms with Crippen LogP contribution in [0.25, 0.3) is 0 Å². The van der Waals surface area contributed by atoms with E-state index in [4.69, 9.17) is 0 Å². The lowest BCUT2D eigenvalue weighted by Gasteiger charge is -1.98. The molecule has 0 aliphatic rings. The monoisotopic (exact) mass is 233 g/mol. The van der Waals surface area contributed by atoms with Crippen molar-refractivity contribution in [2.45, 2.75) is 39.0 Å². The number of hydrazone groups is 1. The van der Waals surface area contributed by atoms with Gasteiger partial charge in [-0.2, -0.15) is 5.10 Å². The average Bonchev–Trinajstić information content (AvgIpc) is 2.38. The van der Waals surface area contributed by atoms with E-state index in [1.54, 1.807) is 24.5 Å². The third-order valence-corrected chi connectivity index (χ3v) is 2.37. The number of unbranched alkanes of at least 4 members (excludes halogenated alkanes) is 4. The minimum atomic E-state index is -0.220. The molecule has 0 saturated heterocycles. The Labute approximate surface area is 102 Å². The first-order chi connectivity index (χ1) is 8.34. The van der Waals surface area contributed by atoms with Crippen LogP contribution in [0.5, 0.6) is 0 Å². The predicted molar refractivity (Wildman–Crippen MR) is 69.0 cm³/mol. The van der Waals surface area contributed by atoms with Gasteiger partial charge in [-0.25, -0.2) is 5.43 Å². The minimum Gasteiger partial charge on any atom is -0.267 e.